The SMILES string of the molecule is CCOc1cc(C(=O)NC2CCN(C(=O)C(C)(C)C)CC2)cc(OCC)c1OCC. The average molecular weight is 421 g/mol. The Balaban J connectivity index is 2.10. The van der Waals surface area contributed by atoms with Crippen LogP contribution in [0.15, 0.2) is 12.1 Å². The summed E-state index contributed by atoms with van der Waals surface area (Å²) in [7, 11) is 0. The summed E-state index contributed by atoms with van der Waals surface area (Å²) < 4.78 is 17.1. The molecule has 2 amide bonds. The molecule has 2 rings (SSSR count). The van der Waals surface area contributed by atoms with Gasteiger partial charge in [0.2, 0.25) is 11.7 Å². The molecule has 0 atom stereocenters. The average Bonchev–Trinajstić information content (AvgIpc) is 2.70. The van der Waals surface area contributed by atoms with Gasteiger partial charge in [0, 0.05) is 30.1 Å². The smallest absolute Gasteiger partial charge is 0.251 e. The number of piperidine rings is 1. The summed E-state index contributed by atoms with van der Waals surface area (Å²) in [5.41, 5.74) is 0.0857. The molecule has 1 aromatic carbocycles. The van der Waals surface area contributed by atoms with Gasteiger partial charge in [0.15, 0.2) is 11.5 Å². The van der Waals surface area contributed by atoms with Crippen LogP contribution in [-0.2, 0) is 4.79 Å². The molecular weight excluding hydrogens is 384 g/mol. The normalized spacial score (nSPS) is 14.9. The van der Waals surface area contributed by atoms with Gasteiger partial charge in [-0.05, 0) is 45.7 Å². The van der Waals surface area contributed by atoms with Gasteiger partial charge in [-0.15, -0.1) is 0 Å². The molecule has 0 bridgehead atoms. The van der Waals surface area contributed by atoms with Crippen molar-refractivity contribution in [2.45, 2.75) is 60.4 Å². The van der Waals surface area contributed by atoms with Crippen LogP contribution >= 0.6 is 0 Å². The van der Waals surface area contributed by atoms with Crippen LogP contribution in [0.3, 0.4) is 0 Å². The molecule has 0 aliphatic carbocycles. The van der Waals surface area contributed by atoms with Gasteiger partial charge in [-0.1, -0.05) is 20.8 Å². The first-order chi connectivity index (χ1) is 14.2. The van der Waals surface area contributed by atoms with Gasteiger partial charge in [-0.25, -0.2) is 0 Å². The number of nitrogens with zero attached hydrogens (tertiary/aromatic N) is 1. The van der Waals surface area contributed by atoms with E-state index in [2.05, 4.69) is 5.32 Å². The standard InChI is InChI=1S/C23H36N2O5/c1-7-28-18-14-16(15-19(29-8-2)20(18)30-9-3)21(26)24-17-10-12-25(13-11-17)22(27)23(4,5)6/h14-15,17H,7-13H2,1-6H3,(H,24,26). The second kappa shape index (κ2) is 10.5. The number of ether oxygens (including phenoxy) is 3. The molecular formula is C23H36N2O5. The summed E-state index contributed by atoms with van der Waals surface area (Å²) in [6, 6.07) is 3.43. The van der Waals surface area contributed by atoms with Gasteiger partial charge in [0.1, 0.15) is 0 Å². The van der Waals surface area contributed by atoms with E-state index in [1.54, 1.807) is 12.1 Å². The molecule has 1 heterocycles. The molecule has 1 aromatic rings. The zero-order valence-corrected chi connectivity index (χ0v) is 19.2. The lowest BCUT2D eigenvalue weighted by molar-refractivity contribution is -0.140. The predicted molar refractivity (Wildman–Crippen MR) is 116 cm³/mol. The Morgan fingerprint density at radius 3 is 1.90 bits per heavy atom. The molecule has 168 valence electrons. The second-order valence-electron chi connectivity index (χ2n) is 8.39. The van der Waals surface area contributed by atoms with E-state index in [1.807, 2.05) is 46.4 Å². The minimum atomic E-state index is -0.385. The zero-order chi connectivity index (χ0) is 22.3. The van der Waals surface area contributed by atoms with Crippen molar-refractivity contribution in [1.29, 1.82) is 0 Å². The van der Waals surface area contributed by atoms with Crippen LogP contribution in [0.25, 0.3) is 0 Å². The van der Waals surface area contributed by atoms with Crippen molar-refractivity contribution in [1.82, 2.24) is 10.2 Å². The first kappa shape index (κ1) is 23.8. The number of rotatable bonds is 8. The molecule has 1 fully saturated rings. The number of likely N-dealkylation sites (tertiary alicyclic amines) is 1. The molecule has 30 heavy (non-hydrogen) atoms. The van der Waals surface area contributed by atoms with Gasteiger partial charge in [0.25, 0.3) is 5.91 Å². The maximum absolute atomic E-state index is 12.9. The van der Waals surface area contributed by atoms with Crippen LogP contribution < -0.4 is 19.5 Å². The lowest BCUT2D eigenvalue weighted by Gasteiger charge is -2.36. The summed E-state index contributed by atoms with van der Waals surface area (Å²) in [5, 5.41) is 3.09. The van der Waals surface area contributed by atoms with E-state index in [4.69, 9.17) is 14.2 Å². The number of carbonyl (C=O) groups is 2. The van der Waals surface area contributed by atoms with Gasteiger partial charge < -0.3 is 24.4 Å². The Bertz CT molecular complexity index is 707. The van der Waals surface area contributed by atoms with Crippen molar-refractivity contribution in [2.75, 3.05) is 32.9 Å². The summed E-state index contributed by atoms with van der Waals surface area (Å²) in [6.07, 6.45) is 1.47. The van der Waals surface area contributed by atoms with Gasteiger partial charge in [-0.2, -0.15) is 0 Å². The minimum absolute atomic E-state index is 0.0270. The van der Waals surface area contributed by atoms with E-state index in [1.165, 1.54) is 0 Å². The van der Waals surface area contributed by atoms with Crippen LogP contribution in [0.1, 0.15) is 64.7 Å². The van der Waals surface area contributed by atoms with Crippen LogP contribution in [0.2, 0.25) is 0 Å². The molecule has 0 radical (unpaired) electrons. The van der Waals surface area contributed by atoms with Gasteiger partial charge in [-0.3, -0.25) is 9.59 Å². The summed E-state index contributed by atoms with van der Waals surface area (Å²) in [4.78, 5) is 27.3. The number of carbonyl (C=O) groups excluding carboxylic acids is 2. The summed E-state index contributed by atoms with van der Waals surface area (Å²) >= 11 is 0. The van der Waals surface area contributed by atoms with Gasteiger partial charge in [0.05, 0.1) is 19.8 Å². The van der Waals surface area contributed by atoms with E-state index in [0.29, 0.717) is 55.7 Å². The van der Waals surface area contributed by atoms with E-state index in [-0.39, 0.29) is 23.3 Å². The molecule has 0 aromatic heterocycles. The highest BCUT2D eigenvalue weighted by molar-refractivity contribution is 5.95. The van der Waals surface area contributed by atoms with Crippen LogP contribution in [0.5, 0.6) is 17.2 Å². The molecule has 0 saturated carbocycles. The Kier molecular flexibility index (Phi) is 8.38. The molecule has 7 heteroatoms. The number of hydrogen-bond acceptors (Lipinski definition) is 5. The van der Waals surface area contributed by atoms with E-state index in [0.717, 1.165) is 12.8 Å². The minimum Gasteiger partial charge on any atom is -0.490 e. The third-order valence-corrected chi connectivity index (χ3v) is 4.93. The Labute approximate surface area is 180 Å². The number of hydrogen-bond donors (Lipinski definition) is 1. The second-order valence-corrected chi connectivity index (χ2v) is 8.39. The first-order valence-corrected chi connectivity index (χ1v) is 10.9. The molecule has 1 N–H and O–H groups in total. The molecule has 1 aliphatic heterocycles. The molecule has 1 aliphatic rings. The highest BCUT2D eigenvalue weighted by atomic mass is 16.5. The third-order valence-electron chi connectivity index (χ3n) is 4.93. The van der Waals surface area contributed by atoms with E-state index in [9.17, 15) is 9.59 Å². The highest BCUT2D eigenvalue weighted by Gasteiger charge is 2.31. The van der Waals surface area contributed by atoms with Crippen LogP contribution in [0.4, 0.5) is 0 Å². The van der Waals surface area contributed by atoms with Crippen LogP contribution in [-0.4, -0.2) is 55.7 Å². The molecule has 0 unspecified atom stereocenters. The fourth-order valence-electron chi connectivity index (χ4n) is 3.49. The molecule has 1 saturated heterocycles. The van der Waals surface area contributed by atoms with Crippen LogP contribution in [0, 0.1) is 5.41 Å². The Hall–Kier alpha value is -2.44. The van der Waals surface area contributed by atoms with Gasteiger partial charge >= 0.3 is 0 Å². The lowest BCUT2D eigenvalue weighted by atomic mass is 9.93. The highest BCUT2D eigenvalue weighted by Crippen LogP contribution is 2.39. The first-order valence-electron chi connectivity index (χ1n) is 10.9. The maximum Gasteiger partial charge on any atom is 0.251 e. The summed E-state index contributed by atoms with van der Waals surface area (Å²) in [5.74, 6) is 1.50. The monoisotopic (exact) mass is 420 g/mol. The number of amides is 2. The lowest BCUT2D eigenvalue weighted by Crippen LogP contribution is -2.49. The largest absolute Gasteiger partial charge is 0.490 e. The Morgan fingerprint density at radius 1 is 0.967 bits per heavy atom. The zero-order valence-electron chi connectivity index (χ0n) is 19.2. The number of benzene rings is 1. The van der Waals surface area contributed by atoms with Crippen molar-refractivity contribution in [3.8, 4) is 17.2 Å². The van der Waals surface area contributed by atoms with Crippen molar-refractivity contribution in [3.63, 3.8) is 0 Å². The van der Waals surface area contributed by atoms with Crippen molar-refractivity contribution in [2.24, 2.45) is 5.41 Å². The quantitative estimate of drug-likeness (QED) is 0.695. The maximum atomic E-state index is 12.9. The molecule has 7 nitrogen and oxygen atoms in total. The predicted octanol–water partition coefficient (Wildman–Crippen LogP) is 3.65. The van der Waals surface area contributed by atoms with Crippen molar-refractivity contribution >= 4 is 11.8 Å². The topological polar surface area (TPSA) is 77.1 Å². The third kappa shape index (κ3) is 6.03. The van der Waals surface area contributed by atoms with E-state index < -0.39 is 0 Å². The van der Waals surface area contributed by atoms with Crippen molar-refractivity contribution in [3.05, 3.63) is 17.7 Å². The summed E-state index contributed by atoms with van der Waals surface area (Å²) in [6.45, 7) is 14.1. The number of nitrogens with one attached hydrogen (secondary N) is 1. The van der Waals surface area contributed by atoms with E-state index >= 15 is 0 Å². The fourth-order valence-corrected chi connectivity index (χ4v) is 3.49. The molecule has 0 spiro atoms. The Morgan fingerprint density at radius 2 is 1.47 bits per heavy atom. The van der Waals surface area contributed by atoms with Crippen molar-refractivity contribution < 1.29 is 23.8 Å². The fraction of sp³-hybridized carbons (Fsp3) is 0.652.